The van der Waals surface area contributed by atoms with E-state index >= 15 is 0 Å². The van der Waals surface area contributed by atoms with Gasteiger partial charge in [-0.15, -0.1) is 10.2 Å². The second-order valence-electron chi connectivity index (χ2n) is 7.32. The van der Waals surface area contributed by atoms with Crippen molar-refractivity contribution in [2.24, 2.45) is 0 Å². The summed E-state index contributed by atoms with van der Waals surface area (Å²) in [6, 6.07) is 12.2. The average Bonchev–Trinajstić information content (AvgIpc) is 2.73. The van der Waals surface area contributed by atoms with Crippen LogP contribution in [0.5, 0.6) is 0 Å². The molecule has 1 saturated heterocycles. The van der Waals surface area contributed by atoms with Gasteiger partial charge in [0.1, 0.15) is 5.69 Å². The van der Waals surface area contributed by atoms with Crippen LogP contribution < -0.4 is 4.90 Å². The summed E-state index contributed by atoms with van der Waals surface area (Å²) >= 11 is 0. The number of fused-ring (bicyclic) bond motifs is 1. The van der Waals surface area contributed by atoms with Crippen LogP contribution in [0.3, 0.4) is 0 Å². The Morgan fingerprint density at radius 2 is 1.86 bits per heavy atom. The number of pyridine rings is 1. The molecule has 1 aromatic carbocycles. The van der Waals surface area contributed by atoms with Crippen LogP contribution in [0.25, 0.3) is 22.0 Å². The molecule has 2 aromatic heterocycles. The van der Waals surface area contributed by atoms with E-state index in [1.807, 2.05) is 47.5 Å². The molecule has 0 unspecified atom stereocenters. The van der Waals surface area contributed by atoms with E-state index in [-0.39, 0.29) is 12.1 Å². The third kappa shape index (κ3) is 3.24. The minimum Gasteiger partial charge on any atom is -0.348 e. The topological polar surface area (TPSA) is 65.5 Å². The van der Waals surface area contributed by atoms with Crippen LogP contribution in [-0.2, 0) is 0 Å². The fourth-order valence-electron chi connectivity index (χ4n) is 3.73. The highest BCUT2D eigenvalue weighted by Gasteiger charge is 2.29. The number of nitrogens with zero attached hydrogens (tertiary/aromatic N) is 6. The van der Waals surface area contributed by atoms with Gasteiger partial charge in [-0.25, -0.2) is 4.79 Å². The second kappa shape index (κ2) is 7.42. The van der Waals surface area contributed by atoms with Gasteiger partial charge in [0.2, 0.25) is 0 Å². The quantitative estimate of drug-likeness (QED) is 0.688. The molecule has 1 atom stereocenters. The van der Waals surface area contributed by atoms with Gasteiger partial charge in [-0.1, -0.05) is 30.3 Å². The average molecular weight is 376 g/mol. The molecule has 3 heterocycles. The van der Waals surface area contributed by atoms with Crippen molar-refractivity contribution in [3.63, 3.8) is 0 Å². The van der Waals surface area contributed by atoms with Crippen molar-refractivity contribution < 1.29 is 4.79 Å². The summed E-state index contributed by atoms with van der Waals surface area (Å²) in [5, 5.41) is 11.2. The van der Waals surface area contributed by atoms with Crippen LogP contribution in [0.2, 0.25) is 0 Å². The van der Waals surface area contributed by atoms with E-state index in [1.54, 1.807) is 25.2 Å². The largest absolute Gasteiger partial charge is 0.348 e. The highest BCUT2D eigenvalue weighted by molar-refractivity contribution is 5.99. The molecule has 4 rings (SSSR count). The fourth-order valence-corrected chi connectivity index (χ4v) is 3.73. The molecule has 1 aliphatic heterocycles. The third-order valence-electron chi connectivity index (χ3n) is 5.16. The van der Waals surface area contributed by atoms with Gasteiger partial charge in [-0.2, -0.15) is 0 Å². The first-order valence-electron chi connectivity index (χ1n) is 9.45. The minimum absolute atomic E-state index is 0.0449. The predicted octanol–water partition coefficient (Wildman–Crippen LogP) is 2.88. The Kier molecular flexibility index (Phi) is 4.81. The normalized spacial score (nSPS) is 17.0. The zero-order valence-electron chi connectivity index (χ0n) is 16.4. The number of carbonyl (C=O) groups is 1. The molecule has 2 amide bonds. The van der Waals surface area contributed by atoms with Gasteiger partial charge in [-0.05, 0) is 13.0 Å². The number of rotatable bonds is 2. The van der Waals surface area contributed by atoms with Crippen molar-refractivity contribution in [1.82, 2.24) is 25.0 Å². The maximum absolute atomic E-state index is 12.3. The Morgan fingerprint density at radius 1 is 1.07 bits per heavy atom. The molecule has 0 saturated carbocycles. The van der Waals surface area contributed by atoms with E-state index in [4.69, 9.17) is 0 Å². The molecule has 0 bridgehead atoms. The van der Waals surface area contributed by atoms with E-state index in [1.165, 1.54) is 0 Å². The molecule has 0 radical (unpaired) electrons. The van der Waals surface area contributed by atoms with Gasteiger partial charge in [0.05, 0.1) is 0 Å². The lowest BCUT2D eigenvalue weighted by Gasteiger charge is -2.41. The molecule has 1 aliphatic rings. The highest BCUT2D eigenvalue weighted by Crippen LogP contribution is 2.32. The number of amides is 2. The van der Waals surface area contributed by atoms with Crippen molar-refractivity contribution in [2.45, 2.75) is 13.0 Å². The number of aromatic nitrogens is 3. The first kappa shape index (κ1) is 18.2. The number of benzene rings is 1. The molecule has 0 spiro atoms. The molecule has 144 valence electrons. The number of piperazine rings is 1. The summed E-state index contributed by atoms with van der Waals surface area (Å²) in [5.74, 6) is 0.826. The number of urea groups is 1. The Hall–Kier alpha value is -3.22. The van der Waals surface area contributed by atoms with Crippen LogP contribution in [0.15, 0.2) is 48.8 Å². The molecule has 0 N–H and O–H groups in total. The van der Waals surface area contributed by atoms with Crippen molar-refractivity contribution in [3.8, 4) is 11.3 Å². The number of hydrogen-bond donors (Lipinski definition) is 0. The van der Waals surface area contributed by atoms with Gasteiger partial charge >= 0.3 is 6.03 Å². The van der Waals surface area contributed by atoms with E-state index in [2.05, 4.69) is 27.0 Å². The standard InChI is InChI=1S/C21H24N6O/c1-15-14-26(21(28)25(2)3)11-12-27(15)20-18-13-22-10-9-17(18)19(23-24-20)16-7-5-4-6-8-16/h4-10,13,15H,11-12,14H2,1-3H3/t15-/m1/s1. The van der Waals surface area contributed by atoms with Gasteiger partial charge in [0.15, 0.2) is 5.82 Å². The Morgan fingerprint density at radius 3 is 2.57 bits per heavy atom. The molecule has 7 heteroatoms. The van der Waals surface area contributed by atoms with Crippen molar-refractivity contribution >= 4 is 22.6 Å². The lowest BCUT2D eigenvalue weighted by molar-refractivity contribution is 0.161. The van der Waals surface area contributed by atoms with Gasteiger partial charge in [-0.3, -0.25) is 4.98 Å². The lowest BCUT2D eigenvalue weighted by Crippen LogP contribution is -2.56. The van der Waals surface area contributed by atoms with Gasteiger partial charge in [0.25, 0.3) is 0 Å². The Balaban J connectivity index is 1.70. The molecule has 1 fully saturated rings. The van der Waals surface area contributed by atoms with Crippen LogP contribution in [-0.4, -0.2) is 70.8 Å². The highest BCUT2D eigenvalue weighted by atomic mass is 16.2. The monoisotopic (exact) mass is 376 g/mol. The first-order chi connectivity index (χ1) is 13.6. The molecule has 7 nitrogen and oxygen atoms in total. The van der Waals surface area contributed by atoms with E-state index in [9.17, 15) is 4.79 Å². The van der Waals surface area contributed by atoms with Gasteiger partial charge in [0, 0.05) is 68.5 Å². The van der Waals surface area contributed by atoms with E-state index in [0.717, 1.165) is 27.8 Å². The summed E-state index contributed by atoms with van der Waals surface area (Å²) in [6.07, 6.45) is 3.65. The number of carbonyl (C=O) groups excluding carboxylic acids is 1. The molecule has 28 heavy (non-hydrogen) atoms. The SMILES string of the molecule is C[C@@H]1CN(C(=O)N(C)C)CCN1c1nnc(-c2ccccc2)c2ccncc12. The maximum Gasteiger partial charge on any atom is 0.319 e. The Labute approximate surface area is 164 Å². The summed E-state index contributed by atoms with van der Waals surface area (Å²) in [5.41, 5.74) is 1.89. The lowest BCUT2D eigenvalue weighted by atomic mass is 10.1. The fraction of sp³-hybridized carbons (Fsp3) is 0.333. The third-order valence-corrected chi connectivity index (χ3v) is 5.16. The summed E-state index contributed by atoms with van der Waals surface area (Å²) < 4.78 is 0. The van der Waals surface area contributed by atoms with Crippen molar-refractivity contribution in [2.75, 3.05) is 38.6 Å². The second-order valence-corrected chi connectivity index (χ2v) is 7.32. The van der Waals surface area contributed by atoms with Crippen LogP contribution in [0, 0.1) is 0 Å². The molecule has 0 aliphatic carbocycles. The Bertz CT molecular complexity index is 991. The minimum atomic E-state index is 0.0449. The smallest absolute Gasteiger partial charge is 0.319 e. The summed E-state index contributed by atoms with van der Waals surface area (Å²) in [6.45, 7) is 4.14. The first-order valence-corrected chi connectivity index (χ1v) is 9.45. The number of anilines is 1. The van der Waals surface area contributed by atoms with Crippen LogP contribution >= 0.6 is 0 Å². The predicted molar refractivity (Wildman–Crippen MR) is 110 cm³/mol. The van der Waals surface area contributed by atoms with E-state index < -0.39 is 0 Å². The van der Waals surface area contributed by atoms with Crippen LogP contribution in [0.1, 0.15) is 6.92 Å². The van der Waals surface area contributed by atoms with Gasteiger partial charge < -0.3 is 14.7 Å². The summed E-state index contributed by atoms with van der Waals surface area (Å²) in [4.78, 5) is 22.4. The summed E-state index contributed by atoms with van der Waals surface area (Å²) in [7, 11) is 3.57. The van der Waals surface area contributed by atoms with Crippen molar-refractivity contribution in [3.05, 3.63) is 48.8 Å². The van der Waals surface area contributed by atoms with Crippen LogP contribution in [0.4, 0.5) is 10.6 Å². The molecular formula is C21H24N6O. The van der Waals surface area contributed by atoms with Crippen molar-refractivity contribution in [1.29, 1.82) is 0 Å². The molecular weight excluding hydrogens is 352 g/mol. The zero-order chi connectivity index (χ0) is 19.7. The number of hydrogen-bond acceptors (Lipinski definition) is 5. The van der Waals surface area contributed by atoms with E-state index in [0.29, 0.717) is 19.6 Å². The molecule has 3 aromatic rings. The maximum atomic E-state index is 12.3. The zero-order valence-corrected chi connectivity index (χ0v) is 16.4.